The van der Waals surface area contributed by atoms with E-state index in [1.54, 1.807) is 29.2 Å². The Morgan fingerprint density at radius 3 is 2.77 bits per heavy atom. The maximum Gasteiger partial charge on any atom is 0.250 e. The van der Waals surface area contributed by atoms with Crippen LogP contribution in [-0.2, 0) is 27.8 Å². The highest BCUT2D eigenvalue weighted by Crippen LogP contribution is 2.32. The van der Waals surface area contributed by atoms with Crippen molar-refractivity contribution < 1.29 is 13.2 Å². The number of hydrogen-bond acceptors (Lipinski definition) is 5. The molecule has 1 aromatic heterocycles. The topological polar surface area (TPSA) is 69.7 Å². The second-order valence-electron chi connectivity index (χ2n) is 8.14. The second kappa shape index (κ2) is 7.86. The number of anilines is 1. The van der Waals surface area contributed by atoms with Gasteiger partial charge in [-0.05, 0) is 66.7 Å². The predicted octanol–water partition coefficient (Wildman–Crippen LogP) is 3.63. The largest absolute Gasteiger partial charge is 0.311 e. The first-order valence-electron chi connectivity index (χ1n) is 10.1. The summed E-state index contributed by atoms with van der Waals surface area (Å²) < 4.78 is 29.5. The number of benzene rings is 2. The summed E-state index contributed by atoms with van der Waals surface area (Å²) in [7, 11) is -1.71. The zero-order valence-corrected chi connectivity index (χ0v) is 19.4. The standard InChI is InChI=1S/C22H22ClN3O3S2/c1-25-8-6-14-10-18(5-3-16(14)13-25)26-9-7-19(22(26)27)24-31(28,29)21-11-15-2-4-17(23)12-20(15)30-21/h2-5,10-12,19,24H,6-9,13H2,1H3. The van der Waals surface area contributed by atoms with Crippen LogP contribution in [0.5, 0.6) is 0 Å². The molecule has 0 saturated carbocycles. The van der Waals surface area contributed by atoms with E-state index in [1.807, 2.05) is 6.07 Å². The molecule has 2 aliphatic heterocycles. The molecule has 0 spiro atoms. The highest BCUT2D eigenvalue weighted by molar-refractivity contribution is 7.91. The molecule has 9 heteroatoms. The maximum absolute atomic E-state index is 13.0. The van der Waals surface area contributed by atoms with Crippen LogP contribution in [0.25, 0.3) is 10.1 Å². The number of halogens is 1. The summed E-state index contributed by atoms with van der Waals surface area (Å²) >= 11 is 7.17. The van der Waals surface area contributed by atoms with Crippen molar-refractivity contribution in [3.63, 3.8) is 0 Å². The number of hydrogen-bond donors (Lipinski definition) is 1. The van der Waals surface area contributed by atoms with Crippen molar-refractivity contribution in [3.8, 4) is 0 Å². The molecule has 1 N–H and O–H groups in total. The SMILES string of the molecule is CN1CCc2cc(N3CCC(NS(=O)(=O)c4cc5ccc(Cl)cc5s4)C3=O)ccc2C1. The van der Waals surface area contributed by atoms with Gasteiger partial charge in [0.05, 0.1) is 0 Å². The van der Waals surface area contributed by atoms with Crippen LogP contribution >= 0.6 is 22.9 Å². The maximum atomic E-state index is 13.0. The highest BCUT2D eigenvalue weighted by Gasteiger charge is 2.36. The van der Waals surface area contributed by atoms with Crippen molar-refractivity contribution in [1.82, 2.24) is 9.62 Å². The van der Waals surface area contributed by atoms with Gasteiger partial charge in [-0.1, -0.05) is 23.7 Å². The van der Waals surface area contributed by atoms with Gasteiger partial charge in [0, 0.05) is 35.0 Å². The van der Waals surface area contributed by atoms with Crippen LogP contribution in [0.2, 0.25) is 5.02 Å². The van der Waals surface area contributed by atoms with Gasteiger partial charge in [0.2, 0.25) is 5.91 Å². The molecule has 1 saturated heterocycles. The third-order valence-electron chi connectivity index (χ3n) is 5.93. The Bertz CT molecular complexity index is 1290. The van der Waals surface area contributed by atoms with E-state index in [1.165, 1.54) is 11.1 Å². The molecule has 0 bridgehead atoms. The van der Waals surface area contributed by atoms with Gasteiger partial charge in [-0.3, -0.25) is 4.79 Å². The fourth-order valence-electron chi connectivity index (χ4n) is 4.25. The van der Waals surface area contributed by atoms with E-state index in [0.717, 1.165) is 46.6 Å². The fourth-order valence-corrected chi connectivity index (χ4v) is 7.17. The smallest absolute Gasteiger partial charge is 0.250 e. The van der Waals surface area contributed by atoms with Crippen molar-refractivity contribution >= 4 is 54.6 Å². The number of nitrogens with zero attached hydrogens (tertiary/aromatic N) is 2. The molecule has 0 radical (unpaired) electrons. The molecule has 0 aliphatic carbocycles. The zero-order chi connectivity index (χ0) is 21.8. The average Bonchev–Trinajstić information content (AvgIpc) is 3.31. The van der Waals surface area contributed by atoms with Gasteiger partial charge < -0.3 is 9.80 Å². The van der Waals surface area contributed by atoms with Gasteiger partial charge >= 0.3 is 0 Å². The second-order valence-corrected chi connectivity index (χ2v) is 11.6. The van der Waals surface area contributed by atoms with Crippen LogP contribution in [-0.4, -0.2) is 45.4 Å². The number of nitrogens with one attached hydrogen (secondary N) is 1. The van der Waals surface area contributed by atoms with Crippen LogP contribution < -0.4 is 9.62 Å². The monoisotopic (exact) mass is 475 g/mol. The van der Waals surface area contributed by atoms with Crippen LogP contribution in [0, 0.1) is 0 Å². The molecule has 3 aromatic rings. The molecular weight excluding hydrogens is 454 g/mol. The number of carbonyl (C=O) groups excluding carboxylic acids is 1. The first-order chi connectivity index (χ1) is 14.8. The van der Waals surface area contributed by atoms with E-state index in [0.29, 0.717) is 18.0 Å². The molecular formula is C22H22ClN3O3S2. The number of fused-ring (bicyclic) bond motifs is 2. The summed E-state index contributed by atoms with van der Waals surface area (Å²) in [4.78, 5) is 17.0. The van der Waals surface area contributed by atoms with Gasteiger partial charge in [-0.15, -0.1) is 11.3 Å². The van der Waals surface area contributed by atoms with Crippen molar-refractivity contribution in [3.05, 3.63) is 58.6 Å². The molecule has 1 amide bonds. The number of likely N-dealkylation sites (N-methyl/N-ethyl adjacent to an activating group) is 1. The molecule has 1 atom stereocenters. The summed E-state index contributed by atoms with van der Waals surface area (Å²) in [5.74, 6) is -0.208. The van der Waals surface area contributed by atoms with Crippen molar-refractivity contribution in [1.29, 1.82) is 0 Å². The first kappa shape index (κ1) is 20.9. The lowest BCUT2D eigenvalue weighted by Crippen LogP contribution is -2.41. The third-order valence-corrected chi connectivity index (χ3v) is 9.21. The van der Waals surface area contributed by atoms with E-state index < -0.39 is 16.1 Å². The Labute approximate surface area is 190 Å². The van der Waals surface area contributed by atoms with Crippen LogP contribution in [0.4, 0.5) is 5.69 Å². The predicted molar refractivity (Wildman–Crippen MR) is 124 cm³/mol. The molecule has 1 unspecified atom stereocenters. The van der Waals surface area contributed by atoms with Crippen LogP contribution in [0.1, 0.15) is 17.5 Å². The quantitative estimate of drug-likeness (QED) is 0.625. The van der Waals surface area contributed by atoms with Gasteiger partial charge in [0.1, 0.15) is 10.3 Å². The number of rotatable bonds is 4. The van der Waals surface area contributed by atoms with Gasteiger partial charge in [0.15, 0.2) is 0 Å². The number of thiophene rings is 1. The summed E-state index contributed by atoms with van der Waals surface area (Å²) in [6, 6.07) is 12.2. The Balaban J connectivity index is 1.34. The van der Waals surface area contributed by atoms with E-state index in [2.05, 4.69) is 28.8 Å². The summed E-state index contributed by atoms with van der Waals surface area (Å²) in [5, 5.41) is 1.37. The summed E-state index contributed by atoms with van der Waals surface area (Å²) in [6.45, 7) is 2.40. The minimum Gasteiger partial charge on any atom is -0.311 e. The van der Waals surface area contributed by atoms with Crippen LogP contribution in [0.15, 0.2) is 46.7 Å². The zero-order valence-electron chi connectivity index (χ0n) is 17.0. The fraction of sp³-hybridized carbons (Fsp3) is 0.318. The average molecular weight is 476 g/mol. The molecule has 6 nitrogen and oxygen atoms in total. The first-order valence-corrected chi connectivity index (χ1v) is 12.8. The summed E-state index contributed by atoms with van der Waals surface area (Å²) in [5.41, 5.74) is 3.38. The van der Waals surface area contributed by atoms with E-state index in [4.69, 9.17) is 11.6 Å². The lowest BCUT2D eigenvalue weighted by Gasteiger charge is -2.26. The Morgan fingerprint density at radius 2 is 1.94 bits per heavy atom. The van der Waals surface area contributed by atoms with Gasteiger partial charge in [-0.25, -0.2) is 8.42 Å². The molecule has 31 heavy (non-hydrogen) atoms. The minimum absolute atomic E-state index is 0.189. The van der Waals surface area contributed by atoms with Crippen molar-refractivity contribution in [2.75, 3.05) is 25.0 Å². The minimum atomic E-state index is -3.81. The molecule has 162 valence electrons. The Kier molecular flexibility index (Phi) is 5.30. The lowest BCUT2D eigenvalue weighted by molar-refractivity contribution is -0.118. The normalized spacial score (nSPS) is 19.9. The van der Waals surface area contributed by atoms with Crippen LogP contribution in [0.3, 0.4) is 0 Å². The number of sulfonamides is 1. The van der Waals surface area contributed by atoms with Crippen molar-refractivity contribution in [2.45, 2.75) is 29.6 Å². The van der Waals surface area contributed by atoms with Crippen molar-refractivity contribution in [2.24, 2.45) is 0 Å². The van der Waals surface area contributed by atoms with E-state index >= 15 is 0 Å². The van der Waals surface area contributed by atoms with Gasteiger partial charge in [-0.2, -0.15) is 4.72 Å². The van der Waals surface area contributed by atoms with E-state index in [9.17, 15) is 13.2 Å². The molecule has 1 fully saturated rings. The molecule has 2 aromatic carbocycles. The summed E-state index contributed by atoms with van der Waals surface area (Å²) in [6.07, 6.45) is 1.39. The highest BCUT2D eigenvalue weighted by atomic mass is 35.5. The Hall–Kier alpha value is -1.97. The number of carbonyl (C=O) groups is 1. The molecule has 2 aliphatic rings. The number of amides is 1. The molecule has 3 heterocycles. The van der Waals surface area contributed by atoms with E-state index in [-0.39, 0.29) is 10.1 Å². The van der Waals surface area contributed by atoms with Gasteiger partial charge in [0.25, 0.3) is 10.0 Å². The lowest BCUT2D eigenvalue weighted by atomic mass is 9.99. The Morgan fingerprint density at radius 1 is 1.10 bits per heavy atom. The third kappa shape index (κ3) is 3.99. The molecule has 5 rings (SSSR count).